The SMILES string of the molecule is CC.CC.Cc1c(Cl)ccc2[nH]ncc12. The van der Waals surface area contributed by atoms with Crippen molar-refractivity contribution in [1.82, 2.24) is 10.2 Å². The Bertz CT molecular complexity index is 393. The summed E-state index contributed by atoms with van der Waals surface area (Å²) in [5.41, 5.74) is 2.12. The highest BCUT2D eigenvalue weighted by Gasteiger charge is 2.01. The van der Waals surface area contributed by atoms with Crippen molar-refractivity contribution < 1.29 is 0 Å². The minimum atomic E-state index is 0.791. The van der Waals surface area contributed by atoms with Crippen LogP contribution in [0.3, 0.4) is 0 Å². The van der Waals surface area contributed by atoms with Crippen LogP contribution < -0.4 is 0 Å². The first-order chi connectivity index (χ1) is 7.29. The fraction of sp³-hybridized carbons (Fsp3) is 0.417. The summed E-state index contributed by atoms with van der Waals surface area (Å²) in [4.78, 5) is 0. The van der Waals surface area contributed by atoms with E-state index in [-0.39, 0.29) is 0 Å². The molecule has 0 atom stereocenters. The van der Waals surface area contributed by atoms with E-state index in [0.29, 0.717) is 0 Å². The van der Waals surface area contributed by atoms with Gasteiger partial charge in [0, 0.05) is 10.4 Å². The largest absolute Gasteiger partial charge is 0.278 e. The number of aryl methyl sites for hydroxylation is 1. The van der Waals surface area contributed by atoms with Gasteiger partial charge in [-0.1, -0.05) is 39.3 Å². The van der Waals surface area contributed by atoms with Gasteiger partial charge in [-0.05, 0) is 24.6 Å². The van der Waals surface area contributed by atoms with E-state index in [0.717, 1.165) is 21.5 Å². The van der Waals surface area contributed by atoms with Crippen molar-refractivity contribution >= 4 is 22.5 Å². The quantitative estimate of drug-likeness (QED) is 0.700. The monoisotopic (exact) mass is 226 g/mol. The molecule has 84 valence electrons. The summed E-state index contributed by atoms with van der Waals surface area (Å²) in [6.07, 6.45) is 1.79. The van der Waals surface area contributed by atoms with Gasteiger partial charge in [0.05, 0.1) is 11.7 Å². The van der Waals surface area contributed by atoms with Crippen LogP contribution in [0.15, 0.2) is 18.3 Å². The van der Waals surface area contributed by atoms with E-state index in [1.807, 2.05) is 46.8 Å². The van der Waals surface area contributed by atoms with Crippen LogP contribution in [0.4, 0.5) is 0 Å². The minimum Gasteiger partial charge on any atom is -0.278 e. The Hall–Kier alpha value is -1.02. The van der Waals surface area contributed by atoms with Gasteiger partial charge in [-0.3, -0.25) is 5.10 Å². The number of aromatic amines is 1. The van der Waals surface area contributed by atoms with Crippen molar-refractivity contribution in [1.29, 1.82) is 0 Å². The third-order valence-electron chi connectivity index (χ3n) is 1.83. The van der Waals surface area contributed by atoms with Gasteiger partial charge in [-0.2, -0.15) is 5.10 Å². The van der Waals surface area contributed by atoms with Crippen molar-refractivity contribution in [2.24, 2.45) is 0 Å². The second-order valence-corrected chi connectivity index (χ2v) is 2.91. The van der Waals surface area contributed by atoms with Crippen LogP contribution in [-0.2, 0) is 0 Å². The van der Waals surface area contributed by atoms with E-state index in [4.69, 9.17) is 11.6 Å². The number of hydrogen-bond donors (Lipinski definition) is 1. The zero-order valence-corrected chi connectivity index (χ0v) is 10.8. The Labute approximate surface area is 96.6 Å². The maximum absolute atomic E-state index is 5.90. The normalized spacial score (nSPS) is 8.67. The molecule has 0 aliphatic carbocycles. The molecular weight excluding hydrogens is 208 g/mol. The molecule has 1 aromatic heterocycles. The van der Waals surface area contributed by atoms with Gasteiger partial charge in [-0.25, -0.2) is 0 Å². The number of halogens is 1. The summed E-state index contributed by atoms with van der Waals surface area (Å²) < 4.78 is 0. The van der Waals surface area contributed by atoms with E-state index in [1.54, 1.807) is 6.20 Å². The molecule has 0 aliphatic rings. The maximum atomic E-state index is 5.90. The van der Waals surface area contributed by atoms with Crippen LogP contribution >= 0.6 is 11.6 Å². The van der Waals surface area contributed by atoms with Gasteiger partial charge in [0.1, 0.15) is 0 Å². The molecule has 0 fully saturated rings. The van der Waals surface area contributed by atoms with Gasteiger partial charge >= 0.3 is 0 Å². The summed E-state index contributed by atoms with van der Waals surface area (Å²) >= 11 is 5.90. The fourth-order valence-electron chi connectivity index (χ4n) is 1.13. The number of rotatable bonds is 0. The highest BCUT2D eigenvalue weighted by molar-refractivity contribution is 6.32. The zero-order chi connectivity index (χ0) is 11.8. The fourth-order valence-corrected chi connectivity index (χ4v) is 1.30. The molecule has 0 unspecified atom stereocenters. The first-order valence-corrected chi connectivity index (χ1v) is 5.75. The Morgan fingerprint density at radius 2 is 1.73 bits per heavy atom. The first kappa shape index (κ1) is 14.0. The van der Waals surface area contributed by atoms with E-state index >= 15 is 0 Å². The van der Waals surface area contributed by atoms with Gasteiger partial charge in [0.15, 0.2) is 0 Å². The highest BCUT2D eigenvalue weighted by Crippen LogP contribution is 2.22. The molecule has 2 nitrogen and oxygen atoms in total. The second-order valence-electron chi connectivity index (χ2n) is 2.50. The molecule has 2 aromatic rings. The molecule has 0 saturated heterocycles. The number of H-pyrrole nitrogens is 1. The van der Waals surface area contributed by atoms with Gasteiger partial charge in [-0.15, -0.1) is 0 Å². The van der Waals surface area contributed by atoms with Crippen molar-refractivity contribution in [3.05, 3.63) is 28.9 Å². The minimum absolute atomic E-state index is 0.791. The smallest absolute Gasteiger partial charge is 0.0654 e. The lowest BCUT2D eigenvalue weighted by Gasteiger charge is -1.96. The lowest BCUT2D eigenvalue weighted by molar-refractivity contribution is 1.12. The number of hydrogen-bond acceptors (Lipinski definition) is 1. The molecule has 1 aromatic carbocycles. The summed E-state index contributed by atoms with van der Waals surface area (Å²) in [6, 6.07) is 3.80. The van der Waals surface area contributed by atoms with Crippen LogP contribution in [0.1, 0.15) is 33.3 Å². The molecule has 0 bridgehead atoms. The molecule has 0 saturated carbocycles. The van der Waals surface area contributed by atoms with Crippen molar-refractivity contribution in [2.75, 3.05) is 0 Å². The molecule has 15 heavy (non-hydrogen) atoms. The number of fused-ring (bicyclic) bond motifs is 1. The topological polar surface area (TPSA) is 28.7 Å². The van der Waals surface area contributed by atoms with Crippen molar-refractivity contribution in [2.45, 2.75) is 34.6 Å². The van der Waals surface area contributed by atoms with Crippen LogP contribution in [0.2, 0.25) is 5.02 Å². The van der Waals surface area contributed by atoms with Gasteiger partial charge in [0.25, 0.3) is 0 Å². The molecule has 1 N–H and O–H groups in total. The average molecular weight is 227 g/mol. The molecule has 0 radical (unpaired) electrons. The molecule has 0 aliphatic heterocycles. The summed E-state index contributed by atoms with van der Waals surface area (Å²) in [5, 5.41) is 8.68. The van der Waals surface area contributed by atoms with Gasteiger partial charge in [0.2, 0.25) is 0 Å². The molecule has 0 amide bonds. The first-order valence-electron chi connectivity index (χ1n) is 5.37. The third-order valence-corrected chi connectivity index (χ3v) is 2.24. The summed E-state index contributed by atoms with van der Waals surface area (Å²) in [7, 11) is 0. The van der Waals surface area contributed by atoms with Crippen molar-refractivity contribution in [3.8, 4) is 0 Å². The van der Waals surface area contributed by atoms with E-state index in [9.17, 15) is 0 Å². The van der Waals surface area contributed by atoms with Crippen LogP contribution in [-0.4, -0.2) is 10.2 Å². The number of nitrogens with zero attached hydrogens (tertiary/aromatic N) is 1. The Morgan fingerprint density at radius 1 is 1.13 bits per heavy atom. The van der Waals surface area contributed by atoms with Gasteiger partial charge < -0.3 is 0 Å². The van der Waals surface area contributed by atoms with Crippen LogP contribution in [0.25, 0.3) is 10.9 Å². The Kier molecular flexibility index (Phi) is 6.80. The maximum Gasteiger partial charge on any atom is 0.0654 e. The molecule has 2 rings (SSSR count). The van der Waals surface area contributed by atoms with Crippen molar-refractivity contribution in [3.63, 3.8) is 0 Å². The lowest BCUT2D eigenvalue weighted by Crippen LogP contribution is -1.75. The number of nitrogens with one attached hydrogen (secondary N) is 1. The molecular formula is C12H19ClN2. The summed E-state index contributed by atoms with van der Waals surface area (Å²) in [5.74, 6) is 0. The highest BCUT2D eigenvalue weighted by atomic mass is 35.5. The predicted molar refractivity (Wildman–Crippen MR) is 68.5 cm³/mol. The average Bonchev–Trinajstić information content (AvgIpc) is 2.78. The molecule has 3 heteroatoms. The number of benzene rings is 1. The van der Waals surface area contributed by atoms with E-state index in [2.05, 4.69) is 10.2 Å². The molecule has 0 spiro atoms. The predicted octanol–water partition coefficient (Wildman–Crippen LogP) is 4.58. The summed E-state index contributed by atoms with van der Waals surface area (Å²) in [6.45, 7) is 9.99. The number of aromatic nitrogens is 2. The van der Waals surface area contributed by atoms with Crippen LogP contribution in [0.5, 0.6) is 0 Å². The molecule has 1 heterocycles. The Morgan fingerprint density at radius 3 is 2.33 bits per heavy atom. The standard InChI is InChI=1S/C8H7ClN2.2C2H6/c1-5-6-4-10-11-8(6)3-2-7(5)9;2*1-2/h2-4H,1H3,(H,10,11);2*1-2H3. The zero-order valence-electron chi connectivity index (χ0n) is 10.1. The Balaban J connectivity index is 0.000000442. The van der Waals surface area contributed by atoms with E-state index < -0.39 is 0 Å². The van der Waals surface area contributed by atoms with Crippen LogP contribution in [0, 0.1) is 6.92 Å². The lowest BCUT2D eigenvalue weighted by atomic mass is 10.1. The second kappa shape index (κ2) is 7.30. The third kappa shape index (κ3) is 3.24. The van der Waals surface area contributed by atoms with E-state index in [1.165, 1.54) is 0 Å².